The minimum Gasteiger partial charge on any atom is -0.465 e. The van der Waals surface area contributed by atoms with Crippen LogP contribution in [-0.2, 0) is 4.74 Å². The van der Waals surface area contributed by atoms with Crippen molar-refractivity contribution in [2.45, 2.75) is 38.1 Å². The summed E-state index contributed by atoms with van der Waals surface area (Å²) in [5.41, 5.74) is 1.82. The molecule has 6 nitrogen and oxygen atoms in total. The van der Waals surface area contributed by atoms with Crippen molar-refractivity contribution in [1.82, 2.24) is 5.32 Å². The first-order valence-corrected chi connectivity index (χ1v) is 9.47. The Labute approximate surface area is 164 Å². The molecule has 0 atom stereocenters. The largest absolute Gasteiger partial charge is 0.465 e. The Morgan fingerprint density at radius 3 is 2.14 bits per heavy atom. The Hall–Kier alpha value is -3.15. The van der Waals surface area contributed by atoms with Crippen molar-refractivity contribution in [2.75, 3.05) is 12.4 Å². The summed E-state index contributed by atoms with van der Waals surface area (Å²) in [5, 5.41) is 5.83. The summed E-state index contributed by atoms with van der Waals surface area (Å²) in [5.74, 6) is -0.906. The molecular formula is C22H24N2O4. The smallest absolute Gasteiger partial charge is 0.337 e. The Morgan fingerprint density at radius 2 is 1.50 bits per heavy atom. The fourth-order valence-electron chi connectivity index (χ4n) is 3.33. The zero-order valence-corrected chi connectivity index (χ0v) is 15.9. The summed E-state index contributed by atoms with van der Waals surface area (Å²) >= 11 is 0. The molecule has 1 fully saturated rings. The lowest BCUT2D eigenvalue weighted by atomic mass is 9.95. The third-order valence-electron chi connectivity index (χ3n) is 4.89. The van der Waals surface area contributed by atoms with E-state index >= 15 is 0 Å². The van der Waals surface area contributed by atoms with Crippen molar-refractivity contribution in [3.8, 4) is 0 Å². The van der Waals surface area contributed by atoms with E-state index in [0.717, 1.165) is 25.7 Å². The zero-order valence-electron chi connectivity index (χ0n) is 15.9. The van der Waals surface area contributed by atoms with Crippen LogP contribution in [0.15, 0.2) is 48.5 Å². The highest BCUT2D eigenvalue weighted by Gasteiger charge is 2.17. The van der Waals surface area contributed by atoms with Crippen molar-refractivity contribution in [3.63, 3.8) is 0 Å². The molecule has 3 rings (SSSR count). The van der Waals surface area contributed by atoms with Gasteiger partial charge in [-0.25, -0.2) is 4.79 Å². The van der Waals surface area contributed by atoms with E-state index in [4.69, 9.17) is 0 Å². The van der Waals surface area contributed by atoms with E-state index in [2.05, 4.69) is 15.4 Å². The summed E-state index contributed by atoms with van der Waals surface area (Å²) in [4.78, 5) is 36.5. The molecule has 2 amide bonds. The number of ether oxygens (including phenoxy) is 1. The van der Waals surface area contributed by atoms with Gasteiger partial charge in [0.1, 0.15) is 0 Å². The predicted molar refractivity (Wildman–Crippen MR) is 107 cm³/mol. The zero-order chi connectivity index (χ0) is 19.9. The summed E-state index contributed by atoms with van der Waals surface area (Å²) in [6.45, 7) is 0. The van der Waals surface area contributed by atoms with Crippen LogP contribution < -0.4 is 10.6 Å². The number of anilines is 1. The highest BCUT2D eigenvalue weighted by molar-refractivity contribution is 6.06. The Balaban J connectivity index is 1.64. The Morgan fingerprint density at radius 1 is 0.857 bits per heavy atom. The van der Waals surface area contributed by atoms with Gasteiger partial charge in [0, 0.05) is 22.9 Å². The van der Waals surface area contributed by atoms with Crippen molar-refractivity contribution < 1.29 is 19.1 Å². The van der Waals surface area contributed by atoms with Crippen LogP contribution in [0.5, 0.6) is 0 Å². The van der Waals surface area contributed by atoms with Crippen LogP contribution in [0, 0.1) is 0 Å². The summed E-state index contributed by atoms with van der Waals surface area (Å²) in [6, 6.07) is 13.3. The van der Waals surface area contributed by atoms with Gasteiger partial charge in [0.15, 0.2) is 0 Å². The molecule has 0 aromatic heterocycles. The molecule has 1 aliphatic carbocycles. The number of carbonyl (C=O) groups excluding carboxylic acids is 3. The highest BCUT2D eigenvalue weighted by atomic mass is 16.5. The number of amides is 2. The molecule has 0 bridgehead atoms. The number of hydrogen-bond donors (Lipinski definition) is 2. The molecule has 0 spiro atoms. The van der Waals surface area contributed by atoms with E-state index in [1.54, 1.807) is 48.5 Å². The third-order valence-corrected chi connectivity index (χ3v) is 4.89. The molecule has 2 N–H and O–H groups in total. The number of esters is 1. The topological polar surface area (TPSA) is 84.5 Å². The van der Waals surface area contributed by atoms with Crippen molar-refractivity contribution in [1.29, 1.82) is 0 Å². The van der Waals surface area contributed by atoms with Crippen molar-refractivity contribution >= 4 is 23.5 Å². The van der Waals surface area contributed by atoms with Crippen LogP contribution in [0.3, 0.4) is 0 Å². The number of rotatable bonds is 5. The molecule has 2 aromatic carbocycles. The molecule has 6 heteroatoms. The van der Waals surface area contributed by atoms with E-state index in [0.29, 0.717) is 22.4 Å². The number of carbonyl (C=O) groups is 3. The van der Waals surface area contributed by atoms with Gasteiger partial charge in [0.05, 0.1) is 12.7 Å². The molecule has 0 unspecified atom stereocenters. The van der Waals surface area contributed by atoms with Gasteiger partial charge in [-0.1, -0.05) is 25.3 Å². The van der Waals surface area contributed by atoms with Gasteiger partial charge < -0.3 is 15.4 Å². The lowest BCUT2D eigenvalue weighted by Gasteiger charge is -2.22. The molecule has 28 heavy (non-hydrogen) atoms. The summed E-state index contributed by atoms with van der Waals surface area (Å²) in [7, 11) is 1.31. The normalized spacial score (nSPS) is 14.2. The van der Waals surface area contributed by atoms with E-state index in [9.17, 15) is 14.4 Å². The fraction of sp³-hybridized carbons (Fsp3) is 0.318. The van der Waals surface area contributed by atoms with Crippen molar-refractivity contribution in [3.05, 3.63) is 65.2 Å². The second-order valence-corrected chi connectivity index (χ2v) is 6.91. The van der Waals surface area contributed by atoms with E-state index in [1.165, 1.54) is 13.5 Å². The highest BCUT2D eigenvalue weighted by Crippen LogP contribution is 2.18. The molecular weight excluding hydrogens is 356 g/mol. The minimum absolute atomic E-state index is 0.149. The molecule has 146 valence electrons. The maximum Gasteiger partial charge on any atom is 0.337 e. The number of benzene rings is 2. The SMILES string of the molecule is COC(=O)c1ccc(NC(=O)c2cccc(C(=O)NC3CCCCC3)c2)cc1. The number of methoxy groups -OCH3 is 1. The number of nitrogens with one attached hydrogen (secondary N) is 2. The second-order valence-electron chi connectivity index (χ2n) is 6.91. The van der Waals surface area contributed by atoms with Crippen LogP contribution >= 0.6 is 0 Å². The van der Waals surface area contributed by atoms with Gasteiger partial charge in [-0.15, -0.1) is 0 Å². The first-order valence-electron chi connectivity index (χ1n) is 9.47. The quantitative estimate of drug-likeness (QED) is 0.773. The first-order chi connectivity index (χ1) is 13.6. The second kappa shape index (κ2) is 9.17. The predicted octanol–water partition coefficient (Wildman–Crippen LogP) is 3.79. The molecule has 0 radical (unpaired) electrons. The van der Waals surface area contributed by atoms with Crippen LogP contribution in [0.25, 0.3) is 0 Å². The van der Waals surface area contributed by atoms with E-state index in [-0.39, 0.29) is 17.9 Å². The fourth-order valence-corrected chi connectivity index (χ4v) is 3.33. The van der Waals surface area contributed by atoms with Gasteiger partial charge >= 0.3 is 5.97 Å². The molecule has 0 heterocycles. The molecule has 2 aromatic rings. The monoisotopic (exact) mass is 380 g/mol. The van der Waals surface area contributed by atoms with Crippen LogP contribution in [-0.4, -0.2) is 30.9 Å². The van der Waals surface area contributed by atoms with Crippen molar-refractivity contribution in [2.24, 2.45) is 0 Å². The molecule has 0 saturated heterocycles. The lowest BCUT2D eigenvalue weighted by molar-refractivity contribution is 0.0600. The first kappa shape index (κ1) is 19.6. The molecule has 1 aliphatic rings. The average molecular weight is 380 g/mol. The van der Waals surface area contributed by atoms with Gasteiger partial charge in [0.2, 0.25) is 0 Å². The lowest BCUT2D eigenvalue weighted by Crippen LogP contribution is -2.36. The summed E-state index contributed by atoms with van der Waals surface area (Å²) in [6.07, 6.45) is 5.52. The average Bonchev–Trinajstić information content (AvgIpc) is 2.74. The standard InChI is InChI=1S/C22H24N2O4/c1-28-22(27)15-10-12-19(13-11-15)24-21(26)17-7-5-6-16(14-17)20(25)23-18-8-3-2-4-9-18/h5-7,10-14,18H,2-4,8-9H2,1H3,(H,23,25)(H,24,26). The number of hydrogen-bond acceptors (Lipinski definition) is 4. The maximum atomic E-state index is 12.5. The van der Waals surface area contributed by atoms with Crippen LogP contribution in [0.4, 0.5) is 5.69 Å². The van der Waals surface area contributed by atoms with Gasteiger partial charge in [-0.05, 0) is 55.3 Å². The van der Waals surface area contributed by atoms with Crippen LogP contribution in [0.1, 0.15) is 63.2 Å². The molecule has 0 aliphatic heterocycles. The van der Waals surface area contributed by atoms with E-state index < -0.39 is 5.97 Å². The Bertz CT molecular complexity index is 855. The van der Waals surface area contributed by atoms with E-state index in [1.807, 2.05) is 0 Å². The minimum atomic E-state index is -0.436. The Kier molecular flexibility index (Phi) is 6.42. The summed E-state index contributed by atoms with van der Waals surface area (Å²) < 4.78 is 4.65. The van der Waals surface area contributed by atoms with Gasteiger partial charge in [-0.2, -0.15) is 0 Å². The van der Waals surface area contributed by atoms with Crippen LogP contribution in [0.2, 0.25) is 0 Å². The molecule has 1 saturated carbocycles. The van der Waals surface area contributed by atoms with Gasteiger partial charge in [-0.3, -0.25) is 9.59 Å². The third kappa shape index (κ3) is 4.97. The maximum absolute atomic E-state index is 12.5. The van der Waals surface area contributed by atoms with Gasteiger partial charge in [0.25, 0.3) is 11.8 Å².